The highest BCUT2D eigenvalue weighted by atomic mass is 15.1. The summed E-state index contributed by atoms with van der Waals surface area (Å²) in [5.41, 5.74) is 8.44. The number of aromatic nitrogens is 2. The van der Waals surface area contributed by atoms with E-state index in [0.29, 0.717) is 32.7 Å². The minimum Gasteiger partial charge on any atom is -0.292 e. The Morgan fingerprint density at radius 2 is 0.755 bits per heavy atom. The molecule has 0 bridgehead atoms. The molecule has 0 fully saturated rings. The fourth-order valence-electron chi connectivity index (χ4n) is 6.97. The highest BCUT2D eigenvalue weighted by Crippen LogP contribution is 2.41. The van der Waals surface area contributed by atoms with Gasteiger partial charge in [0.15, 0.2) is 0 Å². The average Bonchev–Trinajstić information content (AvgIpc) is 3.54. The van der Waals surface area contributed by atoms with Crippen molar-refractivity contribution in [2.45, 2.75) is 0 Å². The first kappa shape index (κ1) is 31.3. The van der Waals surface area contributed by atoms with Gasteiger partial charge in [-0.25, -0.2) is 4.98 Å². The Bertz CT molecular complexity index is 2540. The van der Waals surface area contributed by atoms with Gasteiger partial charge < -0.3 is 0 Å². The molecule has 2 nitrogen and oxygen atoms in total. The number of para-hydroxylation sites is 3. The Hall–Kier alpha value is -4.95. The van der Waals surface area contributed by atoms with Crippen LogP contribution in [-0.2, 0) is 0 Å². The molecule has 0 amide bonds. The van der Waals surface area contributed by atoms with Crippen LogP contribution in [0.3, 0.4) is 0 Å². The lowest BCUT2D eigenvalue weighted by Crippen LogP contribution is -2.50. The van der Waals surface area contributed by atoms with Gasteiger partial charge in [0.25, 0.3) is 0 Å². The van der Waals surface area contributed by atoms with Gasteiger partial charge in [-0.2, -0.15) is 0 Å². The third kappa shape index (κ3) is 4.71. The fraction of sp³-hybridized carbons (Fsp3) is 0. The number of fused-ring (bicyclic) bond motifs is 3. The first-order chi connectivity index (χ1) is 23.7. The summed E-state index contributed by atoms with van der Waals surface area (Å²) in [6.07, 6.45) is 0. The largest absolute Gasteiger partial charge is 0.292 e. The molecule has 0 aliphatic rings. The van der Waals surface area contributed by atoms with Crippen molar-refractivity contribution in [2.24, 2.45) is 0 Å². The summed E-state index contributed by atoms with van der Waals surface area (Å²) in [4.78, 5) is 5.03. The molecule has 0 spiro atoms. The highest BCUT2D eigenvalue weighted by Gasteiger charge is 2.24. The summed E-state index contributed by atoms with van der Waals surface area (Å²) >= 11 is 0. The van der Waals surface area contributed by atoms with Crippen molar-refractivity contribution in [2.75, 3.05) is 0 Å². The molecule has 49 heavy (non-hydrogen) atoms. The Morgan fingerprint density at radius 3 is 1.24 bits per heavy atom. The van der Waals surface area contributed by atoms with Crippen molar-refractivity contribution in [1.29, 1.82) is 0 Å². The molecule has 1 heterocycles. The molecule has 0 N–H and O–H groups in total. The molecule has 16 radical (unpaired) electrons. The molecule has 0 aliphatic carbocycles. The maximum atomic E-state index is 6.87. The zero-order chi connectivity index (χ0) is 34.1. The number of benzene rings is 7. The Balaban J connectivity index is 1.49. The van der Waals surface area contributed by atoms with E-state index in [1.54, 1.807) is 0 Å². The zero-order valence-corrected chi connectivity index (χ0v) is 26.4. The summed E-state index contributed by atoms with van der Waals surface area (Å²) in [6, 6.07) is 35.9. The van der Waals surface area contributed by atoms with Gasteiger partial charge in [0.1, 0.15) is 68.6 Å². The van der Waals surface area contributed by atoms with Gasteiger partial charge in [0.2, 0.25) is 0 Å². The number of imidazole rings is 1. The van der Waals surface area contributed by atoms with Gasteiger partial charge in [-0.1, -0.05) is 107 Å². The number of hydrogen-bond donors (Lipinski definition) is 0. The second-order valence-electron chi connectivity index (χ2n) is 12.1. The van der Waals surface area contributed by atoms with Crippen LogP contribution in [0.4, 0.5) is 0 Å². The third-order valence-corrected chi connectivity index (χ3v) is 9.39. The maximum absolute atomic E-state index is 6.87. The molecular formula is C39H18B8N2. The monoisotopic (exact) mass is 602 g/mol. The minimum atomic E-state index is 0.174. The smallest absolute Gasteiger partial charge is 0.145 e. The van der Waals surface area contributed by atoms with Crippen LogP contribution in [0.2, 0.25) is 0 Å². The summed E-state index contributed by atoms with van der Waals surface area (Å²) in [5.74, 6) is 0.787. The third-order valence-electron chi connectivity index (χ3n) is 9.39. The number of hydrogen-bond acceptors (Lipinski definition) is 1. The molecule has 10 heteroatoms. The molecule has 1 aromatic heterocycles. The first-order valence-corrected chi connectivity index (χ1v) is 15.6. The van der Waals surface area contributed by atoms with E-state index in [-0.39, 0.29) is 43.7 Å². The van der Waals surface area contributed by atoms with Crippen molar-refractivity contribution >= 4 is 139 Å². The Labute approximate surface area is 296 Å². The average molecular weight is 601 g/mol. The maximum Gasteiger partial charge on any atom is 0.145 e. The molecule has 0 atom stereocenters. The molecule has 8 rings (SSSR count). The summed E-state index contributed by atoms with van der Waals surface area (Å²) < 4.78 is 2.15. The SMILES string of the molecule is [B]c1c([B])c([B])c2c(-c3ccc(-c4nc5ccccc5n4-c4ccccc4)cc3)c3c([B])c([B])c([B])c([B])c3c(-c3ccccc3)c2c1[B]. The Morgan fingerprint density at radius 1 is 0.367 bits per heavy atom. The van der Waals surface area contributed by atoms with E-state index < -0.39 is 0 Å². The molecule has 0 unspecified atom stereocenters. The second kappa shape index (κ2) is 11.9. The Kier molecular flexibility index (Phi) is 7.59. The van der Waals surface area contributed by atoms with Crippen molar-refractivity contribution < 1.29 is 0 Å². The molecule has 8 aromatic rings. The minimum absolute atomic E-state index is 0.174. The van der Waals surface area contributed by atoms with E-state index in [2.05, 4.69) is 22.8 Å². The van der Waals surface area contributed by atoms with Crippen LogP contribution in [0.15, 0.2) is 109 Å². The molecule has 7 aromatic carbocycles. The van der Waals surface area contributed by atoms with Gasteiger partial charge >= 0.3 is 0 Å². The van der Waals surface area contributed by atoms with E-state index in [1.165, 1.54) is 0 Å². The van der Waals surface area contributed by atoms with Crippen molar-refractivity contribution in [3.05, 3.63) is 109 Å². The summed E-state index contributed by atoms with van der Waals surface area (Å²) in [5, 5.41) is 2.33. The quantitative estimate of drug-likeness (QED) is 0.215. The molecular weight excluding hydrogens is 583 g/mol. The summed E-state index contributed by atoms with van der Waals surface area (Å²) in [7, 11) is 53.4. The van der Waals surface area contributed by atoms with Gasteiger partial charge in [0, 0.05) is 11.3 Å². The first-order valence-electron chi connectivity index (χ1n) is 15.6. The van der Waals surface area contributed by atoms with Crippen LogP contribution < -0.4 is 43.7 Å². The van der Waals surface area contributed by atoms with Crippen molar-refractivity contribution in [3.8, 4) is 39.3 Å². The van der Waals surface area contributed by atoms with Crippen LogP contribution in [0.5, 0.6) is 0 Å². The molecule has 0 saturated heterocycles. The number of rotatable bonds is 4. The normalized spacial score (nSPS) is 11.5. The van der Waals surface area contributed by atoms with Gasteiger partial charge in [-0.15, -0.1) is 21.9 Å². The molecule has 208 valence electrons. The standard InChI is InChI=1S/C39H18B8N2/c40-31-27-25(19-9-3-1-4-10-19)28-30(34(43)38(47)36(45)32(28)41)26(29(27)33(42)37(46)35(31)44)20-15-17-21(18-16-20)39-48-23-13-7-8-14-24(23)49(39)22-11-5-2-6-12-22/h1-18H. The molecule has 0 aliphatic heterocycles. The van der Waals surface area contributed by atoms with Crippen molar-refractivity contribution in [1.82, 2.24) is 9.55 Å². The van der Waals surface area contributed by atoms with E-state index >= 15 is 0 Å². The van der Waals surface area contributed by atoms with E-state index in [4.69, 9.17) is 67.8 Å². The van der Waals surface area contributed by atoms with Crippen LogP contribution in [0.1, 0.15) is 0 Å². The van der Waals surface area contributed by atoms with E-state index in [9.17, 15) is 0 Å². The lowest BCUT2D eigenvalue weighted by Gasteiger charge is -2.28. The number of nitrogens with zero attached hydrogens (tertiary/aromatic N) is 2. The lowest BCUT2D eigenvalue weighted by atomic mass is 9.59. The van der Waals surface area contributed by atoms with Crippen LogP contribution >= 0.6 is 0 Å². The van der Waals surface area contributed by atoms with Crippen LogP contribution in [0.25, 0.3) is 71.9 Å². The summed E-state index contributed by atoms with van der Waals surface area (Å²) in [6.45, 7) is 0. The topological polar surface area (TPSA) is 17.8 Å². The van der Waals surface area contributed by atoms with Crippen LogP contribution in [-0.4, -0.2) is 72.3 Å². The van der Waals surface area contributed by atoms with Crippen molar-refractivity contribution in [3.63, 3.8) is 0 Å². The predicted molar refractivity (Wildman–Crippen MR) is 215 cm³/mol. The van der Waals surface area contributed by atoms with E-state index in [0.717, 1.165) is 39.2 Å². The van der Waals surface area contributed by atoms with E-state index in [1.807, 2.05) is 91.0 Å². The van der Waals surface area contributed by atoms with Gasteiger partial charge in [0.05, 0.1) is 11.0 Å². The zero-order valence-electron chi connectivity index (χ0n) is 26.4. The fourth-order valence-corrected chi connectivity index (χ4v) is 6.97. The van der Waals surface area contributed by atoms with Crippen LogP contribution in [0, 0.1) is 0 Å². The molecule has 0 saturated carbocycles. The second-order valence-corrected chi connectivity index (χ2v) is 12.1. The van der Waals surface area contributed by atoms with Gasteiger partial charge in [-0.05, 0) is 68.1 Å². The predicted octanol–water partition coefficient (Wildman–Crippen LogP) is 0.683. The van der Waals surface area contributed by atoms with Gasteiger partial charge in [-0.3, -0.25) is 4.57 Å². The lowest BCUT2D eigenvalue weighted by molar-refractivity contribution is 1.10. The highest BCUT2D eigenvalue weighted by molar-refractivity contribution is 6.71.